The largest absolute Gasteiger partial charge is 0.469 e. The Morgan fingerprint density at radius 2 is 1.77 bits per heavy atom. The standard InChI is InChI=1S/C19H24N2O5/c1-25-18(23)8-11-21(12-14-26-15-13-22)19(24)16-4-6-17(7-5-16)20-9-2-3-10-20/h2-7,9-10,22H,8,11-15H2,1H3. The van der Waals surface area contributed by atoms with Crippen molar-refractivity contribution < 1.29 is 24.2 Å². The van der Waals surface area contributed by atoms with Gasteiger partial charge in [-0.25, -0.2) is 0 Å². The van der Waals surface area contributed by atoms with Gasteiger partial charge in [0.1, 0.15) is 0 Å². The van der Waals surface area contributed by atoms with Crippen molar-refractivity contribution in [2.75, 3.05) is 40.0 Å². The number of aromatic nitrogens is 1. The number of aliphatic hydroxyl groups excluding tert-OH is 1. The highest BCUT2D eigenvalue weighted by Crippen LogP contribution is 2.12. The van der Waals surface area contributed by atoms with E-state index in [1.807, 2.05) is 41.2 Å². The molecule has 7 heteroatoms. The summed E-state index contributed by atoms with van der Waals surface area (Å²) in [5.74, 6) is -0.553. The van der Waals surface area contributed by atoms with Gasteiger partial charge in [0, 0.05) is 36.7 Å². The van der Waals surface area contributed by atoms with E-state index in [1.54, 1.807) is 17.0 Å². The number of nitrogens with zero attached hydrogens (tertiary/aromatic N) is 2. The smallest absolute Gasteiger partial charge is 0.307 e. The average Bonchev–Trinajstić information content (AvgIpc) is 3.21. The van der Waals surface area contributed by atoms with Crippen molar-refractivity contribution in [3.63, 3.8) is 0 Å². The molecule has 1 aromatic carbocycles. The van der Waals surface area contributed by atoms with E-state index in [1.165, 1.54) is 7.11 Å². The zero-order chi connectivity index (χ0) is 18.8. The van der Waals surface area contributed by atoms with Crippen molar-refractivity contribution in [1.29, 1.82) is 0 Å². The van der Waals surface area contributed by atoms with Crippen LogP contribution in [0.4, 0.5) is 0 Å². The van der Waals surface area contributed by atoms with Crippen LogP contribution in [0, 0.1) is 0 Å². The predicted molar refractivity (Wildman–Crippen MR) is 96.2 cm³/mol. The lowest BCUT2D eigenvalue weighted by atomic mass is 10.1. The Morgan fingerprint density at radius 3 is 2.38 bits per heavy atom. The number of aliphatic hydroxyl groups is 1. The maximum Gasteiger partial charge on any atom is 0.307 e. The third-order valence-corrected chi connectivity index (χ3v) is 3.86. The SMILES string of the molecule is COC(=O)CCN(CCOCCO)C(=O)c1ccc(-n2cccc2)cc1. The molecule has 2 rings (SSSR count). The molecule has 0 radical (unpaired) electrons. The van der Waals surface area contributed by atoms with Crippen molar-refractivity contribution in [3.8, 4) is 5.69 Å². The molecule has 26 heavy (non-hydrogen) atoms. The van der Waals surface area contributed by atoms with Gasteiger partial charge < -0.3 is 24.0 Å². The summed E-state index contributed by atoms with van der Waals surface area (Å²) < 4.78 is 11.8. The molecule has 0 aliphatic rings. The van der Waals surface area contributed by atoms with Crippen molar-refractivity contribution in [2.24, 2.45) is 0 Å². The van der Waals surface area contributed by atoms with E-state index in [0.29, 0.717) is 12.1 Å². The van der Waals surface area contributed by atoms with Gasteiger partial charge in [-0.2, -0.15) is 0 Å². The van der Waals surface area contributed by atoms with Crippen LogP contribution in [0.2, 0.25) is 0 Å². The molecule has 2 aromatic rings. The fourth-order valence-electron chi connectivity index (χ4n) is 2.45. The summed E-state index contributed by atoms with van der Waals surface area (Å²) in [7, 11) is 1.32. The Morgan fingerprint density at radius 1 is 1.08 bits per heavy atom. The number of rotatable bonds is 10. The fourth-order valence-corrected chi connectivity index (χ4v) is 2.45. The summed E-state index contributed by atoms with van der Waals surface area (Å²) in [4.78, 5) is 25.7. The molecule has 1 amide bonds. The maximum absolute atomic E-state index is 12.8. The Labute approximate surface area is 152 Å². The molecule has 0 aliphatic heterocycles. The Kier molecular flexibility index (Phi) is 7.85. The second-order valence-electron chi connectivity index (χ2n) is 5.59. The first-order valence-corrected chi connectivity index (χ1v) is 8.44. The first-order chi connectivity index (χ1) is 12.7. The fraction of sp³-hybridized carbons (Fsp3) is 0.368. The molecular weight excluding hydrogens is 336 g/mol. The molecule has 0 unspecified atom stereocenters. The number of hydrogen-bond acceptors (Lipinski definition) is 5. The number of benzene rings is 1. The van der Waals surface area contributed by atoms with E-state index < -0.39 is 0 Å². The molecule has 1 aromatic heterocycles. The molecule has 0 atom stereocenters. The van der Waals surface area contributed by atoms with E-state index in [4.69, 9.17) is 9.84 Å². The van der Waals surface area contributed by atoms with Crippen LogP contribution in [0.15, 0.2) is 48.8 Å². The molecule has 0 fully saturated rings. The van der Waals surface area contributed by atoms with Crippen LogP contribution in [-0.4, -0.2) is 66.5 Å². The summed E-state index contributed by atoms with van der Waals surface area (Å²) in [6.45, 7) is 0.999. The summed E-state index contributed by atoms with van der Waals surface area (Å²) in [5, 5.41) is 8.76. The minimum Gasteiger partial charge on any atom is -0.469 e. The number of carbonyl (C=O) groups excluding carboxylic acids is 2. The van der Waals surface area contributed by atoms with Gasteiger partial charge in [0.15, 0.2) is 0 Å². The molecule has 7 nitrogen and oxygen atoms in total. The van der Waals surface area contributed by atoms with E-state index in [0.717, 1.165) is 5.69 Å². The van der Waals surface area contributed by atoms with Gasteiger partial charge in [0.2, 0.25) is 0 Å². The van der Waals surface area contributed by atoms with Crippen molar-refractivity contribution in [3.05, 3.63) is 54.4 Å². The van der Waals surface area contributed by atoms with E-state index in [9.17, 15) is 9.59 Å². The normalized spacial score (nSPS) is 10.5. The third kappa shape index (κ3) is 5.72. The topological polar surface area (TPSA) is 81.0 Å². The Bertz CT molecular complexity index is 682. The van der Waals surface area contributed by atoms with Gasteiger partial charge in [-0.05, 0) is 36.4 Å². The molecule has 0 spiro atoms. The van der Waals surface area contributed by atoms with E-state index >= 15 is 0 Å². The second kappa shape index (κ2) is 10.4. The second-order valence-corrected chi connectivity index (χ2v) is 5.59. The van der Waals surface area contributed by atoms with Crippen LogP contribution >= 0.6 is 0 Å². The number of hydrogen-bond donors (Lipinski definition) is 1. The quantitative estimate of drug-likeness (QED) is 0.513. The van der Waals surface area contributed by atoms with Crippen LogP contribution in [0.1, 0.15) is 16.8 Å². The molecule has 1 heterocycles. The molecule has 0 saturated heterocycles. The number of ether oxygens (including phenoxy) is 2. The lowest BCUT2D eigenvalue weighted by Gasteiger charge is -2.22. The first-order valence-electron chi connectivity index (χ1n) is 8.44. The maximum atomic E-state index is 12.8. The van der Waals surface area contributed by atoms with E-state index in [2.05, 4.69) is 4.74 Å². The lowest BCUT2D eigenvalue weighted by Crippen LogP contribution is -2.36. The van der Waals surface area contributed by atoms with Crippen LogP contribution < -0.4 is 0 Å². The highest BCUT2D eigenvalue weighted by atomic mass is 16.5. The zero-order valence-electron chi connectivity index (χ0n) is 14.8. The summed E-state index contributed by atoms with van der Waals surface area (Å²) in [6.07, 6.45) is 3.97. The highest BCUT2D eigenvalue weighted by molar-refractivity contribution is 5.94. The van der Waals surface area contributed by atoms with Crippen molar-refractivity contribution in [1.82, 2.24) is 9.47 Å². The number of carbonyl (C=O) groups is 2. The van der Waals surface area contributed by atoms with Gasteiger partial charge in [-0.15, -0.1) is 0 Å². The zero-order valence-corrected chi connectivity index (χ0v) is 14.8. The van der Waals surface area contributed by atoms with Crippen LogP contribution in [0.3, 0.4) is 0 Å². The van der Waals surface area contributed by atoms with Gasteiger partial charge in [0.05, 0.1) is 33.4 Å². The lowest BCUT2D eigenvalue weighted by molar-refractivity contribution is -0.140. The van der Waals surface area contributed by atoms with Gasteiger partial charge in [-0.3, -0.25) is 9.59 Å². The van der Waals surface area contributed by atoms with Gasteiger partial charge >= 0.3 is 5.97 Å². The van der Waals surface area contributed by atoms with E-state index in [-0.39, 0.29) is 44.7 Å². The molecule has 0 aliphatic carbocycles. The molecule has 0 saturated carbocycles. The highest BCUT2D eigenvalue weighted by Gasteiger charge is 2.17. The molecular formula is C19H24N2O5. The minimum absolute atomic E-state index is 0.0725. The number of esters is 1. The Balaban J connectivity index is 2.04. The minimum atomic E-state index is -0.373. The van der Waals surface area contributed by atoms with Crippen LogP contribution in [-0.2, 0) is 14.3 Å². The number of amides is 1. The summed E-state index contributed by atoms with van der Waals surface area (Å²) in [6, 6.07) is 11.1. The summed E-state index contributed by atoms with van der Waals surface area (Å²) in [5.41, 5.74) is 1.49. The third-order valence-electron chi connectivity index (χ3n) is 3.86. The van der Waals surface area contributed by atoms with Crippen LogP contribution in [0.5, 0.6) is 0 Å². The average molecular weight is 360 g/mol. The van der Waals surface area contributed by atoms with Crippen LogP contribution in [0.25, 0.3) is 5.69 Å². The molecule has 1 N–H and O–H groups in total. The van der Waals surface area contributed by atoms with Gasteiger partial charge in [0.25, 0.3) is 5.91 Å². The number of methoxy groups -OCH3 is 1. The summed E-state index contributed by atoms with van der Waals surface area (Å²) >= 11 is 0. The van der Waals surface area contributed by atoms with Crippen molar-refractivity contribution in [2.45, 2.75) is 6.42 Å². The predicted octanol–water partition coefficient (Wildman–Crippen LogP) is 1.49. The molecule has 0 bridgehead atoms. The Hall–Kier alpha value is -2.64. The molecule has 140 valence electrons. The monoisotopic (exact) mass is 360 g/mol. The van der Waals surface area contributed by atoms with Gasteiger partial charge in [-0.1, -0.05) is 0 Å². The first kappa shape index (κ1) is 19.7. The van der Waals surface area contributed by atoms with Crippen molar-refractivity contribution >= 4 is 11.9 Å².